The van der Waals surface area contributed by atoms with Crippen molar-refractivity contribution in [1.29, 1.82) is 0 Å². The van der Waals surface area contributed by atoms with Gasteiger partial charge in [0.1, 0.15) is 6.61 Å². The van der Waals surface area contributed by atoms with Gasteiger partial charge < -0.3 is 30.3 Å². The molecule has 324 valence electrons. The molecule has 4 atom stereocenters. The van der Waals surface area contributed by atoms with Gasteiger partial charge in [-0.1, -0.05) is 137 Å². The van der Waals surface area contributed by atoms with E-state index < -0.39 is 44.7 Å². The topological polar surface area (TPSA) is 175 Å². The van der Waals surface area contributed by atoms with Gasteiger partial charge >= 0.3 is 19.8 Å². The Labute approximate surface area is 343 Å². The van der Waals surface area contributed by atoms with E-state index in [9.17, 15) is 29.3 Å². The van der Waals surface area contributed by atoms with Gasteiger partial charge in [-0.2, -0.15) is 0 Å². The van der Waals surface area contributed by atoms with Crippen molar-refractivity contribution in [3.8, 4) is 0 Å². The van der Waals surface area contributed by atoms with Crippen LogP contribution < -0.4 is 5.73 Å². The molecule has 5 N–H and O–H groups in total. The van der Waals surface area contributed by atoms with Crippen LogP contribution in [0.25, 0.3) is 0 Å². The highest BCUT2D eigenvalue weighted by Crippen LogP contribution is 2.43. The van der Waals surface area contributed by atoms with Crippen LogP contribution in [0.2, 0.25) is 0 Å². The van der Waals surface area contributed by atoms with E-state index in [4.69, 9.17) is 24.3 Å². The van der Waals surface area contributed by atoms with Crippen molar-refractivity contribution in [1.82, 2.24) is 0 Å². The Morgan fingerprint density at radius 1 is 0.649 bits per heavy atom. The Bertz CT molecular complexity index is 1290. The molecule has 11 nitrogen and oxygen atoms in total. The van der Waals surface area contributed by atoms with Crippen LogP contribution in [-0.2, 0) is 32.7 Å². The van der Waals surface area contributed by atoms with Crippen LogP contribution in [0, 0.1) is 0 Å². The van der Waals surface area contributed by atoms with Gasteiger partial charge in [0.15, 0.2) is 6.10 Å². The zero-order valence-electron chi connectivity index (χ0n) is 34.7. The summed E-state index contributed by atoms with van der Waals surface area (Å²) in [6, 6.07) is 0. The Kier molecular flexibility index (Phi) is 37.5. The molecule has 0 aliphatic heterocycles. The molecule has 0 aromatic carbocycles. The Balaban J connectivity index is 4.50. The number of carbonyl (C=O) groups excluding carboxylic acids is 2. The highest BCUT2D eigenvalue weighted by Gasteiger charge is 2.26. The fourth-order valence-corrected chi connectivity index (χ4v) is 5.76. The average molecular weight is 820 g/mol. The van der Waals surface area contributed by atoms with E-state index in [1.165, 1.54) is 19.3 Å². The van der Waals surface area contributed by atoms with Gasteiger partial charge in [0.05, 0.1) is 25.4 Å². The second kappa shape index (κ2) is 39.7. The highest BCUT2D eigenvalue weighted by molar-refractivity contribution is 7.47. The smallest absolute Gasteiger partial charge is 0.462 e. The molecule has 0 rings (SSSR count). The number of phosphoric ester groups is 1. The minimum atomic E-state index is -4.45. The summed E-state index contributed by atoms with van der Waals surface area (Å²) < 4.78 is 32.5. The molecule has 12 heteroatoms. The highest BCUT2D eigenvalue weighted by atomic mass is 31.2. The summed E-state index contributed by atoms with van der Waals surface area (Å²) in [4.78, 5) is 34.9. The lowest BCUT2D eigenvalue weighted by Gasteiger charge is -2.20. The quantitative estimate of drug-likeness (QED) is 0.0154. The van der Waals surface area contributed by atoms with Crippen LogP contribution >= 0.6 is 7.82 Å². The van der Waals surface area contributed by atoms with E-state index in [0.717, 1.165) is 57.8 Å². The third kappa shape index (κ3) is 39.5. The molecule has 0 heterocycles. The zero-order chi connectivity index (χ0) is 42.1. The molecule has 0 fully saturated rings. The van der Waals surface area contributed by atoms with Crippen molar-refractivity contribution >= 4 is 19.8 Å². The molecule has 57 heavy (non-hydrogen) atoms. The number of nitrogens with two attached hydrogens (primary N) is 1. The van der Waals surface area contributed by atoms with Gasteiger partial charge in [-0.3, -0.25) is 18.6 Å². The van der Waals surface area contributed by atoms with E-state index in [2.05, 4.69) is 68.5 Å². The molecule has 0 spiro atoms. The van der Waals surface area contributed by atoms with Gasteiger partial charge in [0.2, 0.25) is 0 Å². The first-order valence-corrected chi connectivity index (χ1v) is 22.4. The first kappa shape index (κ1) is 53.9. The number of esters is 2. The number of carbonyl (C=O) groups is 2. The van der Waals surface area contributed by atoms with Crippen LogP contribution in [0.4, 0.5) is 0 Å². The van der Waals surface area contributed by atoms with E-state index in [1.807, 2.05) is 6.08 Å². The lowest BCUT2D eigenvalue weighted by atomic mass is 10.1. The minimum Gasteiger partial charge on any atom is -0.462 e. The van der Waals surface area contributed by atoms with E-state index in [1.54, 1.807) is 36.5 Å². The molecule has 0 radical (unpaired) electrons. The predicted molar refractivity (Wildman–Crippen MR) is 231 cm³/mol. The second-order valence-electron chi connectivity index (χ2n) is 13.5. The molecule has 0 amide bonds. The van der Waals surface area contributed by atoms with E-state index >= 15 is 0 Å². The molecule has 0 aliphatic rings. The number of allylic oxidation sites excluding steroid dienone is 13. The van der Waals surface area contributed by atoms with Gasteiger partial charge in [0, 0.05) is 19.4 Å². The fraction of sp³-hybridized carbons (Fsp3) is 0.600. The van der Waals surface area contributed by atoms with E-state index in [-0.39, 0.29) is 32.6 Å². The third-order valence-electron chi connectivity index (χ3n) is 8.14. The van der Waals surface area contributed by atoms with Gasteiger partial charge in [0.25, 0.3) is 0 Å². The molecule has 0 saturated heterocycles. The largest absolute Gasteiger partial charge is 0.472 e. The lowest BCUT2D eigenvalue weighted by Crippen LogP contribution is -2.29. The number of aliphatic hydroxyl groups excluding tert-OH is 2. The van der Waals surface area contributed by atoms with Crippen LogP contribution in [0.1, 0.15) is 129 Å². The number of hydrogen-bond donors (Lipinski definition) is 4. The molecule has 0 aromatic heterocycles. The molecular formula is C45H74NO10P. The molecule has 0 saturated carbocycles. The normalized spacial score (nSPS) is 15.4. The van der Waals surface area contributed by atoms with Crippen LogP contribution in [0.5, 0.6) is 0 Å². The molecule has 0 aliphatic carbocycles. The number of unbranched alkanes of at least 4 members (excludes halogenated alkanes) is 7. The maximum atomic E-state index is 12.6. The first-order chi connectivity index (χ1) is 27.6. The third-order valence-corrected chi connectivity index (χ3v) is 9.13. The number of phosphoric acid groups is 1. The molecular weight excluding hydrogens is 745 g/mol. The second-order valence-corrected chi connectivity index (χ2v) is 15.0. The Morgan fingerprint density at radius 3 is 1.88 bits per heavy atom. The van der Waals surface area contributed by atoms with Crippen molar-refractivity contribution < 1.29 is 47.8 Å². The summed E-state index contributed by atoms with van der Waals surface area (Å²) in [7, 11) is -4.45. The van der Waals surface area contributed by atoms with Gasteiger partial charge in [-0.05, 0) is 77.0 Å². The number of ether oxygens (including phenoxy) is 2. The molecule has 1 unspecified atom stereocenters. The molecule has 0 aromatic rings. The summed E-state index contributed by atoms with van der Waals surface area (Å²) in [6.07, 6.45) is 43.5. The van der Waals surface area contributed by atoms with Crippen LogP contribution in [0.15, 0.2) is 97.2 Å². The van der Waals surface area contributed by atoms with Gasteiger partial charge in [-0.25, -0.2) is 4.57 Å². The number of aliphatic hydroxyl groups is 2. The SMILES string of the molecule is CC/C=C\C/C=C\C/C=C\C/C=C\CCCCCCC(=O)O[C@H](COC(=O)CCC[C@H](O)\C=C/C=C/C=C/[C@H](O)C/C=C\CCCCC)COP(=O)(O)OCCN. The van der Waals surface area contributed by atoms with Crippen molar-refractivity contribution in [3.05, 3.63) is 97.2 Å². The Morgan fingerprint density at radius 2 is 1.23 bits per heavy atom. The fourth-order valence-electron chi connectivity index (χ4n) is 4.99. The maximum Gasteiger partial charge on any atom is 0.472 e. The first-order valence-electron chi connectivity index (χ1n) is 20.9. The van der Waals surface area contributed by atoms with Crippen molar-refractivity contribution in [2.45, 2.75) is 148 Å². The van der Waals surface area contributed by atoms with Gasteiger partial charge in [-0.15, -0.1) is 0 Å². The summed E-state index contributed by atoms with van der Waals surface area (Å²) in [5.41, 5.74) is 5.33. The Hall–Kier alpha value is -3.15. The van der Waals surface area contributed by atoms with Crippen LogP contribution in [-0.4, -0.2) is 71.7 Å². The summed E-state index contributed by atoms with van der Waals surface area (Å²) in [5.74, 6) is -1.11. The zero-order valence-corrected chi connectivity index (χ0v) is 35.6. The molecule has 0 bridgehead atoms. The van der Waals surface area contributed by atoms with Crippen molar-refractivity contribution in [2.75, 3.05) is 26.4 Å². The lowest BCUT2D eigenvalue weighted by molar-refractivity contribution is -0.161. The predicted octanol–water partition coefficient (Wildman–Crippen LogP) is 9.77. The summed E-state index contributed by atoms with van der Waals surface area (Å²) in [6.45, 7) is 3.21. The standard InChI is InChI=1S/C45H74NO10P/c1-3-5-7-9-11-12-13-14-15-16-17-18-19-20-21-23-29-35-45(50)56-43(40-55-57(51,52)54-38-37-46)39-53-44(49)36-30-34-42(48)33-28-25-24-27-32-41(47)31-26-22-10-8-6-4-2/h5,7,11-12,14-15,17-18,22,24-28,32-33,41-43,47-48H,3-4,6,8-10,13,16,19-21,23,29-31,34-40,46H2,1-2H3,(H,51,52)/b7-5-,12-11-,15-14-,18-17-,25-24+,26-22-,32-27+,33-28-/t41-,42-,43-/m1/s1. The number of rotatable bonds is 37. The van der Waals surface area contributed by atoms with Crippen LogP contribution in [0.3, 0.4) is 0 Å². The monoisotopic (exact) mass is 820 g/mol. The number of hydrogen-bond acceptors (Lipinski definition) is 10. The maximum absolute atomic E-state index is 12.6. The minimum absolute atomic E-state index is 0.00843. The van der Waals surface area contributed by atoms with E-state index in [0.29, 0.717) is 25.7 Å². The van der Waals surface area contributed by atoms with Crippen molar-refractivity contribution in [2.24, 2.45) is 5.73 Å². The van der Waals surface area contributed by atoms with Crippen molar-refractivity contribution in [3.63, 3.8) is 0 Å². The average Bonchev–Trinajstić information content (AvgIpc) is 3.19. The summed E-state index contributed by atoms with van der Waals surface area (Å²) >= 11 is 0. The summed E-state index contributed by atoms with van der Waals surface area (Å²) in [5, 5.41) is 20.2.